The summed E-state index contributed by atoms with van der Waals surface area (Å²) in [5.41, 5.74) is 0. The Kier molecular flexibility index (Phi) is 7.05. The maximum absolute atomic E-state index is 8.40. The maximum Gasteiger partial charge on any atom is 0.250 e. The molecular formula is C7H13NO3. The molecule has 0 aliphatic heterocycles. The van der Waals surface area contributed by atoms with Crippen molar-refractivity contribution in [2.45, 2.75) is 20.1 Å². The summed E-state index contributed by atoms with van der Waals surface area (Å²) in [6.07, 6.45) is -0.799. The molecule has 0 aromatic rings. The van der Waals surface area contributed by atoms with Crippen LogP contribution in [0.15, 0.2) is 0 Å². The molecule has 0 radical (unpaired) electrons. The molecule has 64 valence electrons. The first-order chi connectivity index (χ1) is 5.35. The van der Waals surface area contributed by atoms with Gasteiger partial charge in [0.15, 0.2) is 6.79 Å². The molecule has 0 aliphatic carbocycles. The summed E-state index contributed by atoms with van der Waals surface area (Å²) in [5, 5.41) is 8.40. The van der Waals surface area contributed by atoms with Gasteiger partial charge in [0.1, 0.15) is 6.07 Å². The van der Waals surface area contributed by atoms with Gasteiger partial charge in [-0.05, 0) is 13.8 Å². The highest BCUT2D eigenvalue weighted by Gasteiger charge is 2.04. The lowest BCUT2D eigenvalue weighted by atomic mass is 10.7. The van der Waals surface area contributed by atoms with Crippen molar-refractivity contribution in [3.63, 3.8) is 0 Å². The molecule has 1 atom stereocenters. The average Bonchev–Trinajstić information content (AvgIpc) is 2.03. The summed E-state index contributed by atoms with van der Waals surface area (Å²) in [4.78, 5) is 0. The first-order valence-corrected chi connectivity index (χ1v) is 3.55. The van der Waals surface area contributed by atoms with E-state index >= 15 is 0 Å². The van der Waals surface area contributed by atoms with Gasteiger partial charge in [0, 0.05) is 13.2 Å². The van der Waals surface area contributed by atoms with Crippen LogP contribution in [0.1, 0.15) is 13.8 Å². The molecule has 4 nitrogen and oxygen atoms in total. The number of nitriles is 1. The van der Waals surface area contributed by atoms with E-state index in [-0.39, 0.29) is 6.79 Å². The number of ether oxygens (including phenoxy) is 3. The summed E-state index contributed by atoms with van der Waals surface area (Å²) >= 11 is 0. The summed E-state index contributed by atoms with van der Waals surface area (Å²) < 4.78 is 14.6. The summed E-state index contributed by atoms with van der Waals surface area (Å²) in [6, 6.07) is 1.84. The topological polar surface area (TPSA) is 51.5 Å². The minimum absolute atomic E-state index is 0.106. The molecule has 0 fully saturated rings. The SMILES string of the molecule is CCOCOC(C#N)OCC. The Morgan fingerprint density at radius 2 is 2.00 bits per heavy atom. The van der Waals surface area contributed by atoms with Gasteiger partial charge < -0.3 is 14.2 Å². The second-order valence-corrected chi connectivity index (χ2v) is 1.69. The van der Waals surface area contributed by atoms with Crippen LogP contribution in [-0.4, -0.2) is 26.3 Å². The van der Waals surface area contributed by atoms with E-state index in [2.05, 4.69) is 0 Å². The zero-order valence-corrected chi connectivity index (χ0v) is 6.87. The Balaban J connectivity index is 3.30. The van der Waals surface area contributed by atoms with Gasteiger partial charge in [0.2, 0.25) is 6.29 Å². The molecule has 0 saturated carbocycles. The Bertz CT molecular complexity index is 121. The summed E-state index contributed by atoms with van der Waals surface area (Å²) in [6.45, 7) is 4.79. The minimum Gasteiger partial charge on any atom is -0.356 e. The van der Waals surface area contributed by atoms with Crippen LogP contribution in [0.4, 0.5) is 0 Å². The zero-order valence-electron chi connectivity index (χ0n) is 6.87. The molecule has 4 heteroatoms. The standard InChI is InChI=1S/C7H13NO3/c1-3-9-6-11-7(5-8)10-4-2/h7H,3-4,6H2,1-2H3. The Morgan fingerprint density at radius 3 is 2.45 bits per heavy atom. The number of hydrogen-bond donors (Lipinski definition) is 0. The predicted octanol–water partition coefficient (Wildman–Crippen LogP) is 0.883. The van der Waals surface area contributed by atoms with E-state index < -0.39 is 6.29 Å². The second kappa shape index (κ2) is 7.48. The van der Waals surface area contributed by atoms with Crippen molar-refractivity contribution in [2.75, 3.05) is 20.0 Å². The van der Waals surface area contributed by atoms with Crippen LogP contribution >= 0.6 is 0 Å². The third kappa shape index (κ3) is 5.80. The van der Waals surface area contributed by atoms with Crippen molar-refractivity contribution >= 4 is 0 Å². The fourth-order valence-electron chi connectivity index (χ4n) is 0.467. The molecule has 0 spiro atoms. The highest BCUT2D eigenvalue weighted by Crippen LogP contribution is 1.92. The summed E-state index contributed by atoms with van der Waals surface area (Å²) in [7, 11) is 0. The predicted molar refractivity (Wildman–Crippen MR) is 38.6 cm³/mol. The molecule has 0 aromatic heterocycles. The lowest BCUT2D eigenvalue weighted by molar-refractivity contribution is -0.164. The van der Waals surface area contributed by atoms with E-state index in [1.165, 1.54) is 0 Å². The van der Waals surface area contributed by atoms with E-state index in [0.717, 1.165) is 0 Å². The zero-order chi connectivity index (χ0) is 8.53. The van der Waals surface area contributed by atoms with E-state index in [4.69, 9.17) is 19.5 Å². The van der Waals surface area contributed by atoms with Crippen LogP contribution in [0.25, 0.3) is 0 Å². The highest BCUT2D eigenvalue weighted by atomic mass is 16.7. The van der Waals surface area contributed by atoms with Crippen molar-refractivity contribution < 1.29 is 14.2 Å². The molecule has 0 saturated heterocycles. The van der Waals surface area contributed by atoms with Crippen molar-refractivity contribution in [3.8, 4) is 6.07 Å². The van der Waals surface area contributed by atoms with E-state index in [1.54, 1.807) is 6.92 Å². The Labute approximate surface area is 66.7 Å². The van der Waals surface area contributed by atoms with Crippen LogP contribution in [0.5, 0.6) is 0 Å². The third-order valence-corrected chi connectivity index (χ3v) is 0.930. The molecule has 0 amide bonds. The van der Waals surface area contributed by atoms with Crippen LogP contribution in [0, 0.1) is 11.3 Å². The maximum atomic E-state index is 8.40. The van der Waals surface area contributed by atoms with Crippen molar-refractivity contribution in [3.05, 3.63) is 0 Å². The van der Waals surface area contributed by atoms with Gasteiger partial charge in [-0.2, -0.15) is 5.26 Å². The van der Waals surface area contributed by atoms with E-state index in [9.17, 15) is 0 Å². The monoisotopic (exact) mass is 159 g/mol. The number of rotatable bonds is 6. The Morgan fingerprint density at radius 1 is 1.27 bits per heavy atom. The first kappa shape index (κ1) is 10.4. The van der Waals surface area contributed by atoms with Gasteiger partial charge in [-0.15, -0.1) is 0 Å². The van der Waals surface area contributed by atoms with Crippen LogP contribution in [-0.2, 0) is 14.2 Å². The first-order valence-electron chi connectivity index (χ1n) is 3.55. The lowest BCUT2D eigenvalue weighted by Crippen LogP contribution is -2.16. The quantitative estimate of drug-likeness (QED) is 0.426. The molecule has 11 heavy (non-hydrogen) atoms. The highest BCUT2D eigenvalue weighted by molar-refractivity contribution is 4.74. The molecule has 0 rings (SSSR count). The summed E-state index contributed by atoms with van der Waals surface area (Å²) in [5.74, 6) is 0. The largest absolute Gasteiger partial charge is 0.356 e. The second-order valence-electron chi connectivity index (χ2n) is 1.69. The molecule has 0 aliphatic rings. The Hall–Kier alpha value is -0.630. The fourth-order valence-corrected chi connectivity index (χ4v) is 0.467. The molecule has 0 heterocycles. The average molecular weight is 159 g/mol. The number of hydrogen-bond acceptors (Lipinski definition) is 4. The lowest BCUT2D eigenvalue weighted by Gasteiger charge is -2.09. The van der Waals surface area contributed by atoms with Crippen molar-refractivity contribution in [1.82, 2.24) is 0 Å². The van der Waals surface area contributed by atoms with Crippen LogP contribution in [0.2, 0.25) is 0 Å². The van der Waals surface area contributed by atoms with E-state index in [0.29, 0.717) is 13.2 Å². The molecule has 0 aromatic carbocycles. The van der Waals surface area contributed by atoms with E-state index in [1.807, 2.05) is 13.0 Å². The van der Waals surface area contributed by atoms with Gasteiger partial charge in [0.25, 0.3) is 0 Å². The minimum atomic E-state index is -0.799. The molecule has 1 unspecified atom stereocenters. The van der Waals surface area contributed by atoms with Crippen molar-refractivity contribution in [2.24, 2.45) is 0 Å². The molecule has 0 bridgehead atoms. The normalized spacial score (nSPS) is 12.5. The van der Waals surface area contributed by atoms with Gasteiger partial charge in [-0.25, -0.2) is 0 Å². The van der Waals surface area contributed by atoms with Gasteiger partial charge >= 0.3 is 0 Å². The smallest absolute Gasteiger partial charge is 0.250 e. The third-order valence-electron chi connectivity index (χ3n) is 0.930. The van der Waals surface area contributed by atoms with Gasteiger partial charge in [-0.3, -0.25) is 0 Å². The fraction of sp³-hybridized carbons (Fsp3) is 0.857. The van der Waals surface area contributed by atoms with Gasteiger partial charge in [0.05, 0.1) is 0 Å². The molecule has 0 N–H and O–H groups in total. The molecular weight excluding hydrogens is 146 g/mol. The van der Waals surface area contributed by atoms with Crippen LogP contribution in [0.3, 0.4) is 0 Å². The van der Waals surface area contributed by atoms with Gasteiger partial charge in [-0.1, -0.05) is 0 Å². The van der Waals surface area contributed by atoms with Crippen LogP contribution < -0.4 is 0 Å². The number of nitrogens with zero attached hydrogens (tertiary/aromatic N) is 1. The van der Waals surface area contributed by atoms with Crippen molar-refractivity contribution in [1.29, 1.82) is 5.26 Å².